The number of fused-ring (bicyclic) bond motifs is 3. The first-order valence-electron chi connectivity index (χ1n) is 11.1. The van der Waals surface area contributed by atoms with Gasteiger partial charge < -0.3 is 14.6 Å². The average Bonchev–Trinajstić information content (AvgIpc) is 2.82. The Morgan fingerprint density at radius 2 is 1.97 bits per heavy atom. The molecule has 166 valence electrons. The maximum absolute atomic E-state index is 13.1. The molecule has 1 heterocycles. The van der Waals surface area contributed by atoms with Crippen molar-refractivity contribution in [3.05, 3.63) is 11.6 Å². The molecule has 4 aliphatic carbocycles. The van der Waals surface area contributed by atoms with Gasteiger partial charge in [0.2, 0.25) is 0 Å². The van der Waals surface area contributed by atoms with E-state index in [1.807, 2.05) is 13.8 Å². The molecule has 0 radical (unpaired) electrons. The first-order chi connectivity index (χ1) is 14.0. The molecule has 4 fully saturated rings. The molecule has 0 aromatic carbocycles. The van der Waals surface area contributed by atoms with E-state index in [4.69, 9.17) is 32.7 Å². The van der Waals surface area contributed by atoms with Crippen molar-refractivity contribution in [1.29, 1.82) is 0 Å². The molecule has 1 unspecified atom stereocenters. The Labute approximate surface area is 187 Å². The van der Waals surface area contributed by atoms with Gasteiger partial charge in [0.25, 0.3) is 0 Å². The zero-order valence-electron chi connectivity index (χ0n) is 17.8. The van der Waals surface area contributed by atoms with Crippen LogP contribution in [0.2, 0.25) is 0 Å². The van der Waals surface area contributed by atoms with E-state index in [0.29, 0.717) is 32.1 Å². The normalized spacial score (nSPS) is 54.7. The van der Waals surface area contributed by atoms with Crippen LogP contribution in [-0.2, 0) is 19.1 Å². The molecule has 0 spiro atoms. The van der Waals surface area contributed by atoms with Crippen molar-refractivity contribution in [2.24, 2.45) is 16.7 Å². The second kappa shape index (κ2) is 6.32. The average molecular weight is 457 g/mol. The van der Waals surface area contributed by atoms with Crippen LogP contribution in [0.3, 0.4) is 0 Å². The van der Waals surface area contributed by atoms with Crippen molar-refractivity contribution in [1.82, 2.24) is 0 Å². The van der Waals surface area contributed by atoms with E-state index in [0.717, 1.165) is 18.4 Å². The van der Waals surface area contributed by atoms with Crippen LogP contribution in [0.5, 0.6) is 0 Å². The number of aliphatic hydroxyl groups is 1. The summed E-state index contributed by atoms with van der Waals surface area (Å²) in [6, 6.07) is 0. The van der Waals surface area contributed by atoms with Gasteiger partial charge in [-0.25, -0.2) is 0 Å². The molecule has 2 bridgehead atoms. The van der Waals surface area contributed by atoms with Gasteiger partial charge in [-0.05, 0) is 51.5 Å². The molecule has 1 aliphatic heterocycles. The fraction of sp³-hybridized carbons (Fsp3) is 0.826. The van der Waals surface area contributed by atoms with Crippen molar-refractivity contribution >= 4 is 34.8 Å². The molecule has 7 heteroatoms. The summed E-state index contributed by atoms with van der Waals surface area (Å²) < 4.78 is 12.8. The quantitative estimate of drug-likeness (QED) is 0.637. The van der Waals surface area contributed by atoms with E-state index in [2.05, 4.69) is 6.92 Å². The van der Waals surface area contributed by atoms with Crippen molar-refractivity contribution in [2.75, 3.05) is 6.61 Å². The Morgan fingerprint density at radius 1 is 1.23 bits per heavy atom. The maximum atomic E-state index is 13.1. The summed E-state index contributed by atoms with van der Waals surface area (Å²) in [6.07, 6.45) is 5.53. The van der Waals surface area contributed by atoms with Crippen molar-refractivity contribution in [3.63, 3.8) is 0 Å². The lowest BCUT2D eigenvalue weighted by atomic mass is 9.43. The number of carbonyl (C=O) groups is 2. The predicted molar refractivity (Wildman–Crippen MR) is 113 cm³/mol. The van der Waals surface area contributed by atoms with Gasteiger partial charge in [-0.3, -0.25) is 9.59 Å². The van der Waals surface area contributed by atoms with E-state index in [-0.39, 0.29) is 17.5 Å². The van der Waals surface area contributed by atoms with Crippen LogP contribution in [0.25, 0.3) is 0 Å². The second-order valence-electron chi connectivity index (χ2n) is 10.4. The minimum absolute atomic E-state index is 0.0806. The predicted octanol–water partition coefficient (Wildman–Crippen LogP) is 3.91. The molecule has 0 amide bonds. The Balaban J connectivity index is 1.70. The smallest absolute Gasteiger partial charge is 0.190 e. The number of ketones is 2. The molecule has 1 N–H and O–H groups in total. The minimum atomic E-state index is -1.11. The summed E-state index contributed by atoms with van der Waals surface area (Å²) in [7, 11) is 0. The van der Waals surface area contributed by atoms with Gasteiger partial charge in [0.05, 0.1) is 15.9 Å². The van der Waals surface area contributed by atoms with Crippen molar-refractivity contribution in [2.45, 2.75) is 93.5 Å². The van der Waals surface area contributed by atoms with E-state index in [9.17, 15) is 14.7 Å². The second-order valence-corrected chi connectivity index (χ2v) is 11.6. The van der Waals surface area contributed by atoms with Crippen LogP contribution in [0, 0.1) is 16.7 Å². The van der Waals surface area contributed by atoms with Crippen LogP contribution in [-0.4, -0.2) is 51.0 Å². The third-order valence-electron chi connectivity index (χ3n) is 9.59. The van der Waals surface area contributed by atoms with Gasteiger partial charge >= 0.3 is 0 Å². The van der Waals surface area contributed by atoms with Gasteiger partial charge in [-0.1, -0.05) is 19.4 Å². The third-order valence-corrected chi connectivity index (χ3v) is 11.1. The maximum Gasteiger partial charge on any atom is 0.190 e. The zero-order valence-corrected chi connectivity index (χ0v) is 19.3. The molecule has 3 saturated carbocycles. The highest BCUT2D eigenvalue weighted by atomic mass is 35.5. The van der Waals surface area contributed by atoms with Crippen molar-refractivity contribution in [3.8, 4) is 0 Å². The number of hydrogen-bond acceptors (Lipinski definition) is 5. The number of hydrogen-bond donors (Lipinski definition) is 1. The number of rotatable bonds is 2. The SMILES string of the molecule is CC1O[C@@]2(C(=O)CO)CC[C@@]3(O1)[C@@H]1CCC4=CC(=O)CC[C@]4(C)[C@@]1(Cl)[C@@H](Cl)C[C@]23C. The molecule has 1 saturated heterocycles. The van der Waals surface area contributed by atoms with Crippen molar-refractivity contribution < 1.29 is 24.2 Å². The van der Waals surface area contributed by atoms with Crippen LogP contribution in [0.15, 0.2) is 11.6 Å². The number of ether oxygens (including phenoxy) is 2. The summed E-state index contributed by atoms with van der Waals surface area (Å²) in [4.78, 5) is 24.4. The minimum Gasteiger partial charge on any atom is -0.388 e. The number of Topliss-reactive ketones (excluding diaryl/α,β-unsaturated/α-hetero) is 1. The van der Waals surface area contributed by atoms with Gasteiger partial charge in [0, 0.05) is 23.2 Å². The van der Waals surface area contributed by atoms with E-state index in [1.165, 1.54) is 0 Å². The topological polar surface area (TPSA) is 72.8 Å². The molecular weight excluding hydrogens is 427 g/mol. The highest BCUT2D eigenvalue weighted by molar-refractivity contribution is 6.33. The number of aliphatic hydroxyl groups excluding tert-OH is 1. The summed E-state index contributed by atoms with van der Waals surface area (Å²) in [5.74, 6) is -0.211. The molecule has 5 rings (SSSR count). The van der Waals surface area contributed by atoms with E-state index in [1.54, 1.807) is 6.08 Å². The largest absolute Gasteiger partial charge is 0.388 e. The molecule has 0 aromatic heterocycles. The van der Waals surface area contributed by atoms with Gasteiger partial charge in [0.15, 0.2) is 17.9 Å². The lowest BCUT2D eigenvalue weighted by molar-refractivity contribution is -0.361. The molecule has 5 nitrogen and oxygen atoms in total. The molecule has 5 aliphatic rings. The molecular formula is C23H30Cl2O5. The zero-order chi connectivity index (χ0) is 21.7. The van der Waals surface area contributed by atoms with Gasteiger partial charge in [-0.2, -0.15) is 0 Å². The number of carbonyl (C=O) groups excluding carboxylic acids is 2. The van der Waals surface area contributed by atoms with Crippen LogP contribution in [0.1, 0.15) is 65.7 Å². The van der Waals surface area contributed by atoms with Crippen LogP contribution >= 0.6 is 23.2 Å². The first kappa shape index (κ1) is 21.4. The van der Waals surface area contributed by atoms with Crippen LogP contribution in [0.4, 0.5) is 0 Å². The number of alkyl halides is 2. The number of allylic oxidation sites excluding steroid dienone is 1. The van der Waals surface area contributed by atoms with Gasteiger partial charge in [0.1, 0.15) is 12.2 Å². The third kappa shape index (κ3) is 2.13. The Bertz CT molecular complexity index is 859. The molecule has 0 aromatic rings. The monoisotopic (exact) mass is 456 g/mol. The Hall–Kier alpha value is -0.460. The highest BCUT2D eigenvalue weighted by Crippen LogP contribution is 2.76. The first-order valence-corrected chi connectivity index (χ1v) is 11.9. The lowest BCUT2D eigenvalue weighted by Crippen LogP contribution is -2.77. The summed E-state index contributed by atoms with van der Waals surface area (Å²) >= 11 is 14.8. The summed E-state index contributed by atoms with van der Waals surface area (Å²) in [5, 5.41) is 9.37. The molecule has 30 heavy (non-hydrogen) atoms. The lowest BCUT2D eigenvalue weighted by Gasteiger charge is -2.70. The Kier molecular flexibility index (Phi) is 4.50. The van der Waals surface area contributed by atoms with Gasteiger partial charge in [-0.15, -0.1) is 23.2 Å². The summed E-state index contributed by atoms with van der Waals surface area (Å²) in [5.41, 5.74) is -1.73. The van der Waals surface area contributed by atoms with Crippen LogP contribution < -0.4 is 0 Å². The van der Waals surface area contributed by atoms with E-state index >= 15 is 0 Å². The van der Waals surface area contributed by atoms with E-state index < -0.39 is 45.2 Å². The number of halogens is 2. The highest BCUT2D eigenvalue weighted by Gasteiger charge is 2.82. The molecule has 8 atom stereocenters. The standard InChI is InChI=1S/C23H30Cl2O5/c1-13-29-21-8-9-22(30-13,18(28)12-26)20(21,3)11-17(24)23(25)16(21)5-4-14-10-15(27)6-7-19(14,23)2/h10,13,16-17,26H,4-9,11-12H2,1-3H3/t13?,16-,17-,19-,20-,21+,22+,23-/m0/s1. The Morgan fingerprint density at radius 3 is 2.67 bits per heavy atom. The fourth-order valence-electron chi connectivity index (χ4n) is 8.14. The fourth-order valence-corrected chi connectivity index (χ4v) is 9.42. The summed E-state index contributed by atoms with van der Waals surface area (Å²) in [6.45, 7) is 5.46.